The molecule has 0 aromatic heterocycles. The van der Waals surface area contributed by atoms with Crippen LogP contribution >= 0.6 is 11.8 Å². The highest BCUT2D eigenvalue weighted by Gasteiger charge is 2.14. The van der Waals surface area contributed by atoms with Gasteiger partial charge < -0.3 is 29.5 Å². The Labute approximate surface area is 164 Å². The maximum Gasteiger partial charge on any atom is 0.193 e. The second-order valence-electron chi connectivity index (χ2n) is 5.80. The van der Waals surface area contributed by atoms with E-state index in [0.29, 0.717) is 39.5 Å². The van der Waals surface area contributed by atoms with E-state index in [9.17, 15) is 0 Å². The molecule has 0 amide bonds. The molecule has 0 spiro atoms. The van der Waals surface area contributed by atoms with E-state index < -0.39 is 0 Å². The molecule has 1 atom stereocenters. The van der Waals surface area contributed by atoms with Crippen LogP contribution in [0.1, 0.15) is 0 Å². The summed E-state index contributed by atoms with van der Waals surface area (Å²) in [6.45, 7) is 3.08. The molecule has 0 radical (unpaired) electrons. The van der Waals surface area contributed by atoms with E-state index in [4.69, 9.17) is 19.7 Å². The normalized spacial score (nSPS) is 16.6. The molecule has 150 valence electrons. The topological polar surface area (TPSA) is 90.1 Å². The molecule has 2 rings (SSSR count). The Morgan fingerprint density at radius 1 is 1.04 bits per heavy atom. The van der Waals surface area contributed by atoms with E-state index in [2.05, 4.69) is 15.1 Å². The summed E-state index contributed by atoms with van der Waals surface area (Å²) in [5, 5.41) is 28.3. The van der Waals surface area contributed by atoms with Crippen LogP contribution in [0.3, 0.4) is 0 Å². The average Bonchev–Trinajstić information content (AvgIpc) is 3.10. The van der Waals surface area contributed by atoms with Gasteiger partial charge in [-0.15, -0.1) is 0 Å². The number of hydrogen-bond acceptors (Lipinski definition) is 9. The monoisotopic (exact) mass is 396 g/mol. The number of hydrogen-bond donors (Lipinski definition) is 2. The Morgan fingerprint density at radius 3 is 2.19 bits per heavy atom. The second-order valence-corrected chi connectivity index (χ2v) is 6.77. The summed E-state index contributed by atoms with van der Waals surface area (Å²) in [6.07, 6.45) is 1.98. The number of aliphatic hydroxyl groups excluding tert-OH is 2. The molecular formula is C18H28N4O4S. The van der Waals surface area contributed by atoms with Gasteiger partial charge in [0.15, 0.2) is 5.50 Å². The summed E-state index contributed by atoms with van der Waals surface area (Å²) in [5.74, 6) is 0. The van der Waals surface area contributed by atoms with Crippen molar-refractivity contribution in [2.75, 3.05) is 64.7 Å². The van der Waals surface area contributed by atoms with Gasteiger partial charge in [-0.3, -0.25) is 0 Å². The fourth-order valence-electron chi connectivity index (χ4n) is 2.38. The van der Waals surface area contributed by atoms with Crippen LogP contribution in [0.5, 0.6) is 0 Å². The second kappa shape index (κ2) is 12.7. The van der Waals surface area contributed by atoms with E-state index in [-0.39, 0.29) is 18.7 Å². The molecule has 8 nitrogen and oxygen atoms in total. The summed E-state index contributed by atoms with van der Waals surface area (Å²) < 4.78 is 10.7. The lowest BCUT2D eigenvalue weighted by Crippen LogP contribution is -2.31. The molecule has 1 heterocycles. The van der Waals surface area contributed by atoms with Gasteiger partial charge in [0.25, 0.3) is 0 Å². The van der Waals surface area contributed by atoms with Crippen molar-refractivity contribution < 1.29 is 19.7 Å². The zero-order valence-corrected chi connectivity index (χ0v) is 16.4. The molecule has 27 heavy (non-hydrogen) atoms. The minimum Gasteiger partial charge on any atom is -0.394 e. The highest BCUT2D eigenvalue weighted by atomic mass is 32.2. The summed E-state index contributed by atoms with van der Waals surface area (Å²) in [6, 6.07) is 7.86. The standard InChI is InChI=1S/C18H28N4O4S/c1-21-8-15-27-18(21)20-19-16-2-4-17(5-3-16)22(6-11-25-13-9-23)7-12-26-14-10-24/h2-5,8,15,18,23-24H,6-7,9-14H2,1H3. The van der Waals surface area contributed by atoms with Crippen molar-refractivity contribution in [1.82, 2.24) is 4.90 Å². The lowest BCUT2D eigenvalue weighted by molar-refractivity contribution is 0.0884. The average molecular weight is 397 g/mol. The third-order valence-electron chi connectivity index (χ3n) is 3.81. The minimum atomic E-state index is -0.00600. The number of rotatable bonds is 13. The predicted octanol–water partition coefficient (Wildman–Crippen LogP) is 2.03. The maximum atomic E-state index is 8.82. The summed E-state index contributed by atoms with van der Waals surface area (Å²) in [4.78, 5) is 4.14. The van der Waals surface area contributed by atoms with Crippen molar-refractivity contribution in [3.8, 4) is 0 Å². The summed E-state index contributed by atoms with van der Waals surface area (Å²) in [7, 11) is 1.97. The van der Waals surface area contributed by atoms with E-state index >= 15 is 0 Å². The van der Waals surface area contributed by atoms with Gasteiger partial charge in [0.2, 0.25) is 0 Å². The number of anilines is 1. The van der Waals surface area contributed by atoms with Crippen LogP contribution in [0.4, 0.5) is 11.4 Å². The van der Waals surface area contributed by atoms with Gasteiger partial charge in [0, 0.05) is 32.0 Å². The molecule has 1 aromatic rings. The van der Waals surface area contributed by atoms with Gasteiger partial charge in [0.1, 0.15) is 0 Å². The van der Waals surface area contributed by atoms with Crippen molar-refractivity contribution in [3.05, 3.63) is 35.9 Å². The van der Waals surface area contributed by atoms with Gasteiger partial charge in [-0.25, -0.2) is 0 Å². The van der Waals surface area contributed by atoms with Crippen LogP contribution in [-0.4, -0.2) is 80.4 Å². The van der Waals surface area contributed by atoms with Crippen LogP contribution in [0.25, 0.3) is 0 Å². The van der Waals surface area contributed by atoms with Gasteiger partial charge in [-0.2, -0.15) is 10.2 Å². The largest absolute Gasteiger partial charge is 0.394 e. The number of ether oxygens (including phenoxy) is 2. The minimum absolute atomic E-state index is 0.00600. The molecule has 0 bridgehead atoms. The molecule has 0 aliphatic carbocycles. The van der Waals surface area contributed by atoms with Crippen molar-refractivity contribution in [2.24, 2.45) is 10.2 Å². The first-order valence-corrected chi connectivity index (χ1v) is 9.86. The quantitative estimate of drug-likeness (QED) is 0.389. The number of thioether (sulfide) groups is 1. The van der Waals surface area contributed by atoms with Crippen molar-refractivity contribution in [1.29, 1.82) is 0 Å². The highest BCUT2D eigenvalue weighted by molar-refractivity contribution is 8.02. The molecule has 9 heteroatoms. The molecule has 0 fully saturated rings. The lowest BCUT2D eigenvalue weighted by atomic mass is 10.2. The molecule has 1 aliphatic heterocycles. The maximum absolute atomic E-state index is 8.82. The smallest absolute Gasteiger partial charge is 0.193 e. The van der Waals surface area contributed by atoms with Gasteiger partial charge in [-0.1, -0.05) is 11.8 Å². The Balaban J connectivity index is 1.91. The third kappa shape index (κ3) is 7.86. The summed E-state index contributed by atoms with van der Waals surface area (Å²) >= 11 is 1.62. The summed E-state index contributed by atoms with van der Waals surface area (Å²) in [5.41, 5.74) is 1.82. The number of azo groups is 1. The zero-order chi connectivity index (χ0) is 19.3. The Hall–Kier alpha value is -1.65. The fourth-order valence-corrected chi connectivity index (χ4v) is 3.15. The number of nitrogens with zero attached hydrogens (tertiary/aromatic N) is 4. The highest BCUT2D eigenvalue weighted by Crippen LogP contribution is 2.26. The van der Waals surface area contributed by atoms with Crippen LogP contribution < -0.4 is 4.90 Å². The Morgan fingerprint density at radius 2 is 1.67 bits per heavy atom. The first-order chi connectivity index (χ1) is 13.2. The molecule has 1 aromatic carbocycles. The van der Waals surface area contributed by atoms with Crippen molar-refractivity contribution in [3.63, 3.8) is 0 Å². The van der Waals surface area contributed by atoms with E-state index in [1.165, 1.54) is 0 Å². The van der Waals surface area contributed by atoms with Crippen LogP contribution in [-0.2, 0) is 9.47 Å². The molecule has 2 N–H and O–H groups in total. The van der Waals surface area contributed by atoms with Crippen LogP contribution in [0, 0.1) is 0 Å². The molecule has 1 unspecified atom stereocenters. The lowest BCUT2D eigenvalue weighted by Gasteiger charge is -2.24. The third-order valence-corrected chi connectivity index (χ3v) is 4.76. The number of benzene rings is 1. The molecule has 0 saturated carbocycles. The SMILES string of the molecule is CN1C=CSC1N=Nc1ccc(N(CCOCCO)CCOCCO)cc1. The van der Waals surface area contributed by atoms with Gasteiger partial charge in [0.05, 0.1) is 45.3 Å². The first kappa shape index (κ1) is 21.6. The van der Waals surface area contributed by atoms with E-state index in [1.807, 2.05) is 47.8 Å². The predicted molar refractivity (Wildman–Crippen MR) is 107 cm³/mol. The van der Waals surface area contributed by atoms with Gasteiger partial charge >= 0.3 is 0 Å². The molecule has 0 saturated heterocycles. The van der Waals surface area contributed by atoms with E-state index in [0.717, 1.165) is 11.4 Å². The zero-order valence-electron chi connectivity index (χ0n) is 15.6. The van der Waals surface area contributed by atoms with Crippen LogP contribution in [0.2, 0.25) is 0 Å². The fraction of sp³-hybridized carbons (Fsp3) is 0.556. The van der Waals surface area contributed by atoms with Crippen molar-refractivity contribution in [2.45, 2.75) is 5.50 Å². The first-order valence-electron chi connectivity index (χ1n) is 8.91. The molecule has 1 aliphatic rings. The Kier molecular flexibility index (Phi) is 10.2. The van der Waals surface area contributed by atoms with Crippen LogP contribution in [0.15, 0.2) is 46.1 Å². The van der Waals surface area contributed by atoms with Crippen molar-refractivity contribution >= 4 is 23.1 Å². The Bertz CT molecular complexity index is 573. The van der Waals surface area contributed by atoms with Gasteiger partial charge in [-0.05, 0) is 29.7 Å². The number of aliphatic hydroxyl groups is 2. The molecular weight excluding hydrogens is 368 g/mol. The van der Waals surface area contributed by atoms with E-state index in [1.54, 1.807) is 11.8 Å².